The first-order chi connectivity index (χ1) is 40.0. The second-order valence-corrected chi connectivity index (χ2v) is 24.5. The van der Waals surface area contributed by atoms with Crippen molar-refractivity contribution in [2.24, 2.45) is 0 Å². The number of unbranched alkanes of at least 4 members (excludes halogenated alkanes) is 48. The van der Waals surface area contributed by atoms with Crippen molar-refractivity contribution in [1.29, 1.82) is 0 Å². The lowest BCUT2D eigenvalue weighted by Gasteiger charge is -2.18. The summed E-state index contributed by atoms with van der Waals surface area (Å²) in [6, 6.07) is 0. The molecule has 0 aliphatic heterocycles. The maximum Gasteiger partial charge on any atom is 0.306 e. The number of allylic oxidation sites excluding steroid dienone is 8. The lowest BCUT2D eigenvalue weighted by Crippen LogP contribution is -2.30. The average Bonchev–Trinajstić information content (AvgIpc) is 3.46. The summed E-state index contributed by atoms with van der Waals surface area (Å²) in [5, 5.41) is 0. The SMILES string of the molecule is CC/C=C\C/C=C\C/C=C\C/C=C\CCCCCCCCCCCCCCC(=O)OC(COC(=O)CCCCCCCCC)COC(=O)CCCCCCCCCCCCCCCCCCCCCCCCCCCCCCCCC. The zero-order valence-electron chi connectivity index (χ0n) is 54.6. The Morgan fingerprint density at radius 1 is 0.259 bits per heavy atom. The van der Waals surface area contributed by atoms with Gasteiger partial charge in [0.15, 0.2) is 6.10 Å². The first kappa shape index (κ1) is 78.4. The zero-order chi connectivity index (χ0) is 58.5. The third-order valence-corrected chi connectivity index (χ3v) is 16.3. The van der Waals surface area contributed by atoms with Gasteiger partial charge in [-0.15, -0.1) is 0 Å². The largest absolute Gasteiger partial charge is 0.462 e. The molecule has 6 nitrogen and oxygen atoms in total. The van der Waals surface area contributed by atoms with Gasteiger partial charge in [0.05, 0.1) is 0 Å². The molecule has 0 spiro atoms. The highest BCUT2D eigenvalue weighted by molar-refractivity contribution is 5.71. The van der Waals surface area contributed by atoms with Crippen LogP contribution in [0.25, 0.3) is 0 Å². The standard InChI is InChI=1S/C75H138O6/c1-4-7-10-13-16-18-20-22-24-26-28-30-32-34-35-36-37-38-39-41-42-44-46-48-50-52-54-56-59-62-65-68-74(77)80-71-72(70-79-73(76)67-64-61-58-15-12-9-6-3)81-75(78)69-66-63-60-57-55-53-51-49-47-45-43-40-33-31-29-27-25-23-21-19-17-14-11-8-5-2/h8,11,17,19,23,25,29,31,72H,4-7,9-10,12-16,18,20-22,24,26-28,30,32-71H2,1-3H3/b11-8-,19-17-,25-23-,31-29-. The molecule has 0 fully saturated rings. The van der Waals surface area contributed by atoms with Crippen LogP contribution in [0, 0.1) is 0 Å². The van der Waals surface area contributed by atoms with Gasteiger partial charge in [-0.3, -0.25) is 14.4 Å². The van der Waals surface area contributed by atoms with Crippen LogP contribution in [0.1, 0.15) is 393 Å². The monoisotopic (exact) mass is 1140 g/mol. The molecule has 81 heavy (non-hydrogen) atoms. The van der Waals surface area contributed by atoms with E-state index in [-0.39, 0.29) is 31.1 Å². The van der Waals surface area contributed by atoms with Crippen molar-refractivity contribution >= 4 is 17.9 Å². The van der Waals surface area contributed by atoms with E-state index in [1.54, 1.807) is 0 Å². The Balaban J connectivity index is 3.99. The fourth-order valence-electron chi connectivity index (χ4n) is 11.0. The zero-order valence-corrected chi connectivity index (χ0v) is 54.6. The molecule has 0 aliphatic rings. The molecule has 0 radical (unpaired) electrons. The van der Waals surface area contributed by atoms with Crippen molar-refractivity contribution < 1.29 is 28.6 Å². The number of hydrogen-bond acceptors (Lipinski definition) is 6. The Hall–Kier alpha value is -2.63. The fraction of sp³-hybridized carbons (Fsp3) is 0.853. The van der Waals surface area contributed by atoms with Gasteiger partial charge in [0.1, 0.15) is 13.2 Å². The molecule has 1 atom stereocenters. The number of carbonyl (C=O) groups is 3. The molecule has 0 heterocycles. The van der Waals surface area contributed by atoms with Crippen LogP contribution in [0.5, 0.6) is 0 Å². The van der Waals surface area contributed by atoms with Gasteiger partial charge in [-0.1, -0.05) is 365 Å². The van der Waals surface area contributed by atoms with Gasteiger partial charge < -0.3 is 14.2 Å². The first-order valence-corrected chi connectivity index (χ1v) is 36.1. The van der Waals surface area contributed by atoms with E-state index in [1.165, 1.54) is 270 Å². The Morgan fingerprint density at radius 2 is 0.481 bits per heavy atom. The second-order valence-electron chi connectivity index (χ2n) is 24.5. The Morgan fingerprint density at radius 3 is 0.753 bits per heavy atom. The lowest BCUT2D eigenvalue weighted by atomic mass is 10.0. The van der Waals surface area contributed by atoms with Gasteiger partial charge in [0.25, 0.3) is 0 Å². The van der Waals surface area contributed by atoms with Crippen LogP contribution in [0.3, 0.4) is 0 Å². The molecule has 0 aromatic rings. The van der Waals surface area contributed by atoms with Crippen molar-refractivity contribution in [3.63, 3.8) is 0 Å². The molecule has 0 aromatic carbocycles. The molecule has 0 aliphatic carbocycles. The molecule has 0 saturated carbocycles. The second kappa shape index (κ2) is 69.9. The van der Waals surface area contributed by atoms with E-state index in [0.717, 1.165) is 83.5 Å². The number of esters is 3. The van der Waals surface area contributed by atoms with Crippen LogP contribution in [-0.4, -0.2) is 37.2 Å². The maximum atomic E-state index is 12.9. The van der Waals surface area contributed by atoms with Crippen LogP contribution < -0.4 is 0 Å². The lowest BCUT2D eigenvalue weighted by molar-refractivity contribution is -0.167. The van der Waals surface area contributed by atoms with Gasteiger partial charge in [0, 0.05) is 19.3 Å². The molecule has 1 unspecified atom stereocenters. The summed E-state index contributed by atoms with van der Waals surface area (Å²) in [6.45, 7) is 6.55. The minimum absolute atomic E-state index is 0.0685. The number of hydrogen-bond donors (Lipinski definition) is 0. The van der Waals surface area contributed by atoms with E-state index < -0.39 is 6.10 Å². The van der Waals surface area contributed by atoms with Gasteiger partial charge >= 0.3 is 17.9 Å². The van der Waals surface area contributed by atoms with Gasteiger partial charge in [-0.05, 0) is 57.8 Å². The number of ether oxygens (including phenoxy) is 3. The van der Waals surface area contributed by atoms with E-state index in [9.17, 15) is 14.4 Å². The third kappa shape index (κ3) is 68.0. The van der Waals surface area contributed by atoms with Crippen molar-refractivity contribution in [2.75, 3.05) is 13.2 Å². The van der Waals surface area contributed by atoms with E-state index in [2.05, 4.69) is 69.4 Å². The predicted molar refractivity (Wildman–Crippen MR) is 353 cm³/mol. The number of carbonyl (C=O) groups excluding carboxylic acids is 3. The third-order valence-electron chi connectivity index (χ3n) is 16.3. The smallest absolute Gasteiger partial charge is 0.306 e. The van der Waals surface area contributed by atoms with E-state index in [1.807, 2.05) is 0 Å². The summed E-state index contributed by atoms with van der Waals surface area (Å²) >= 11 is 0. The van der Waals surface area contributed by atoms with E-state index in [0.29, 0.717) is 19.3 Å². The molecule has 474 valence electrons. The highest BCUT2D eigenvalue weighted by Gasteiger charge is 2.19. The maximum absolute atomic E-state index is 12.9. The highest BCUT2D eigenvalue weighted by atomic mass is 16.6. The fourth-order valence-corrected chi connectivity index (χ4v) is 11.0. The molecule has 0 N–H and O–H groups in total. The molecule has 0 rings (SSSR count). The molecular formula is C75H138O6. The quantitative estimate of drug-likeness (QED) is 0.0261. The summed E-state index contributed by atoms with van der Waals surface area (Å²) in [4.78, 5) is 38.2. The van der Waals surface area contributed by atoms with Crippen LogP contribution in [0.2, 0.25) is 0 Å². The van der Waals surface area contributed by atoms with Crippen LogP contribution >= 0.6 is 0 Å². The predicted octanol–water partition coefficient (Wildman–Crippen LogP) is 24.9. The topological polar surface area (TPSA) is 78.9 Å². The van der Waals surface area contributed by atoms with E-state index >= 15 is 0 Å². The molecule has 0 aromatic heterocycles. The highest BCUT2D eigenvalue weighted by Crippen LogP contribution is 2.19. The van der Waals surface area contributed by atoms with E-state index in [4.69, 9.17) is 14.2 Å². The number of rotatable bonds is 67. The summed E-state index contributed by atoms with van der Waals surface area (Å²) in [5.74, 6) is -0.853. The molecule has 0 saturated heterocycles. The summed E-state index contributed by atoms with van der Waals surface area (Å²) in [7, 11) is 0. The minimum Gasteiger partial charge on any atom is -0.462 e. The first-order valence-electron chi connectivity index (χ1n) is 36.1. The van der Waals surface area contributed by atoms with Gasteiger partial charge in [-0.25, -0.2) is 0 Å². The van der Waals surface area contributed by atoms with Gasteiger partial charge in [0.2, 0.25) is 0 Å². The Bertz CT molecular complexity index is 1400. The van der Waals surface area contributed by atoms with Crippen molar-refractivity contribution in [1.82, 2.24) is 0 Å². The van der Waals surface area contributed by atoms with Crippen molar-refractivity contribution in [2.45, 2.75) is 399 Å². The summed E-state index contributed by atoms with van der Waals surface area (Å²) in [5.41, 5.74) is 0. The normalized spacial score (nSPS) is 12.3. The van der Waals surface area contributed by atoms with Crippen LogP contribution in [0.15, 0.2) is 48.6 Å². The van der Waals surface area contributed by atoms with Crippen molar-refractivity contribution in [3.8, 4) is 0 Å². The van der Waals surface area contributed by atoms with Crippen molar-refractivity contribution in [3.05, 3.63) is 48.6 Å². The summed E-state index contributed by atoms with van der Waals surface area (Å²) in [6.07, 6.45) is 89.0. The van der Waals surface area contributed by atoms with Crippen LogP contribution in [0.4, 0.5) is 0 Å². The molecule has 0 bridgehead atoms. The molecular weight excluding hydrogens is 997 g/mol. The molecule has 6 heteroatoms. The Labute approximate surface area is 505 Å². The Kier molecular flexibility index (Phi) is 67.6. The molecule has 0 amide bonds. The van der Waals surface area contributed by atoms with Crippen LogP contribution in [-0.2, 0) is 28.6 Å². The minimum atomic E-state index is -0.770. The summed E-state index contributed by atoms with van der Waals surface area (Å²) < 4.78 is 16.9. The average molecular weight is 1140 g/mol. The van der Waals surface area contributed by atoms with Gasteiger partial charge in [-0.2, -0.15) is 0 Å².